The van der Waals surface area contributed by atoms with E-state index in [9.17, 15) is 0 Å². The molecular formula is C14H27N. The predicted molar refractivity (Wildman–Crippen MR) is 65.9 cm³/mol. The first-order chi connectivity index (χ1) is 6.94. The largest absolute Gasteiger partial charge is 0.311 e. The molecule has 2 saturated carbocycles. The van der Waals surface area contributed by atoms with Crippen LogP contribution >= 0.6 is 0 Å². The summed E-state index contributed by atoms with van der Waals surface area (Å²) in [7, 11) is 0. The van der Waals surface area contributed by atoms with E-state index in [1.54, 1.807) is 0 Å². The quantitative estimate of drug-likeness (QED) is 0.733. The summed E-state index contributed by atoms with van der Waals surface area (Å²) in [6.07, 6.45) is 7.00. The van der Waals surface area contributed by atoms with Crippen molar-refractivity contribution in [2.45, 2.75) is 71.9 Å². The average molecular weight is 209 g/mol. The Morgan fingerprint density at radius 2 is 1.47 bits per heavy atom. The van der Waals surface area contributed by atoms with Crippen LogP contribution in [-0.4, -0.2) is 12.1 Å². The highest BCUT2D eigenvalue weighted by Crippen LogP contribution is 2.39. The second-order valence-corrected chi connectivity index (χ2v) is 7.05. The van der Waals surface area contributed by atoms with Gasteiger partial charge in [0.05, 0.1) is 0 Å². The summed E-state index contributed by atoms with van der Waals surface area (Å²) >= 11 is 0. The summed E-state index contributed by atoms with van der Waals surface area (Å²) in [5.74, 6) is 1.88. The van der Waals surface area contributed by atoms with Gasteiger partial charge < -0.3 is 5.32 Å². The van der Waals surface area contributed by atoms with Crippen LogP contribution in [-0.2, 0) is 0 Å². The number of rotatable bonds is 2. The molecule has 0 spiro atoms. The first kappa shape index (κ1) is 11.4. The highest BCUT2D eigenvalue weighted by molar-refractivity contribution is 4.91. The molecule has 0 heterocycles. The van der Waals surface area contributed by atoms with Crippen LogP contribution in [0.3, 0.4) is 0 Å². The standard InChI is InChI=1S/C14H27N/c1-10-5-12(6-10)15-13-7-11(2)8-14(3,4)9-13/h10-13,15H,5-9H2,1-4H3. The number of hydrogen-bond donors (Lipinski definition) is 1. The lowest BCUT2D eigenvalue weighted by atomic mass is 9.70. The van der Waals surface area contributed by atoms with Crippen LogP contribution in [0.2, 0.25) is 0 Å². The third kappa shape index (κ3) is 2.96. The highest BCUT2D eigenvalue weighted by Gasteiger charge is 2.34. The minimum atomic E-state index is 0.560. The summed E-state index contributed by atoms with van der Waals surface area (Å²) in [4.78, 5) is 0. The van der Waals surface area contributed by atoms with Crippen molar-refractivity contribution >= 4 is 0 Å². The molecule has 88 valence electrons. The zero-order chi connectivity index (χ0) is 11.1. The molecule has 0 aromatic rings. The molecule has 1 heteroatoms. The summed E-state index contributed by atoms with van der Waals surface area (Å²) in [5, 5.41) is 3.87. The Kier molecular flexibility index (Phi) is 3.12. The van der Waals surface area contributed by atoms with Gasteiger partial charge in [0.15, 0.2) is 0 Å². The molecule has 0 bridgehead atoms. The van der Waals surface area contributed by atoms with Gasteiger partial charge in [-0.25, -0.2) is 0 Å². The predicted octanol–water partition coefficient (Wildman–Crippen LogP) is 3.59. The van der Waals surface area contributed by atoms with Crippen molar-refractivity contribution in [2.75, 3.05) is 0 Å². The van der Waals surface area contributed by atoms with E-state index >= 15 is 0 Å². The van der Waals surface area contributed by atoms with Gasteiger partial charge in [0.25, 0.3) is 0 Å². The van der Waals surface area contributed by atoms with Crippen LogP contribution in [0.1, 0.15) is 59.8 Å². The van der Waals surface area contributed by atoms with E-state index < -0.39 is 0 Å². The molecule has 15 heavy (non-hydrogen) atoms. The van der Waals surface area contributed by atoms with Gasteiger partial charge in [0.2, 0.25) is 0 Å². The smallest absolute Gasteiger partial charge is 0.00772 e. The zero-order valence-electron chi connectivity index (χ0n) is 10.8. The Labute approximate surface area is 95.0 Å². The minimum Gasteiger partial charge on any atom is -0.311 e. The van der Waals surface area contributed by atoms with Crippen molar-refractivity contribution in [2.24, 2.45) is 17.3 Å². The van der Waals surface area contributed by atoms with Crippen molar-refractivity contribution in [3.8, 4) is 0 Å². The topological polar surface area (TPSA) is 12.0 Å². The van der Waals surface area contributed by atoms with Crippen LogP contribution in [0.5, 0.6) is 0 Å². The fraction of sp³-hybridized carbons (Fsp3) is 1.00. The molecule has 2 rings (SSSR count). The van der Waals surface area contributed by atoms with E-state index in [-0.39, 0.29) is 0 Å². The van der Waals surface area contributed by atoms with Gasteiger partial charge in [-0.3, -0.25) is 0 Å². The lowest BCUT2D eigenvalue weighted by Gasteiger charge is -2.43. The van der Waals surface area contributed by atoms with E-state index in [1.807, 2.05) is 0 Å². The van der Waals surface area contributed by atoms with Gasteiger partial charge >= 0.3 is 0 Å². The number of hydrogen-bond acceptors (Lipinski definition) is 1. The van der Waals surface area contributed by atoms with E-state index in [2.05, 4.69) is 33.0 Å². The average Bonchev–Trinajstić information content (AvgIpc) is 1.96. The lowest BCUT2D eigenvalue weighted by molar-refractivity contribution is 0.121. The molecule has 2 aliphatic rings. The molecule has 2 fully saturated rings. The molecule has 2 aliphatic carbocycles. The van der Waals surface area contributed by atoms with Crippen LogP contribution in [0.4, 0.5) is 0 Å². The van der Waals surface area contributed by atoms with Crippen molar-refractivity contribution in [1.82, 2.24) is 5.32 Å². The summed E-state index contributed by atoms with van der Waals surface area (Å²) in [6, 6.07) is 1.63. The zero-order valence-corrected chi connectivity index (χ0v) is 10.8. The molecule has 1 nitrogen and oxygen atoms in total. The van der Waals surface area contributed by atoms with E-state index in [0.29, 0.717) is 5.41 Å². The van der Waals surface area contributed by atoms with Crippen molar-refractivity contribution in [3.05, 3.63) is 0 Å². The van der Waals surface area contributed by atoms with Crippen molar-refractivity contribution in [3.63, 3.8) is 0 Å². The Hall–Kier alpha value is -0.0400. The van der Waals surface area contributed by atoms with E-state index in [1.165, 1.54) is 32.1 Å². The lowest BCUT2D eigenvalue weighted by Crippen LogP contribution is -2.49. The Morgan fingerprint density at radius 3 is 2.00 bits per heavy atom. The molecule has 0 aromatic heterocycles. The normalized spacial score (nSPS) is 44.8. The SMILES string of the molecule is CC1CC(NC2CC(C)CC(C)(C)C2)C1. The van der Waals surface area contributed by atoms with Crippen LogP contribution < -0.4 is 5.32 Å². The van der Waals surface area contributed by atoms with Crippen molar-refractivity contribution < 1.29 is 0 Å². The van der Waals surface area contributed by atoms with E-state index in [4.69, 9.17) is 0 Å². The maximum absolute atomic E-state index is 3.87. The van der Waals surface area contributed by atoms with E-state index in [0.717, 1.165) is 23.9 Å². The monoisotopic (exact) mass is 209 g/mol. The van der Waals surface area contributed by atoms with Crippen LogP contribution in [0.15, 0.2) is 0 Å². The van der Waals surface area contributed by atoms with Crippen LogP contribution in [0, 0.1) is 17.3 Å². The number of nitrogens with one attached hydrogen (secondary N) is 1. The Balaban J connectivity index is 1.81. The van der Waals surface area contributed by atoms with Gasteiger partial charge in [-0.2, -0.15) is 0 Å². The first-order valence-corrected chi connectivity index (χ1v) is 6.71. The molecule has 2 unspecified atom stereocenters. The molecule has 0 amide bonds. The first-order valence-electron chi connectivity index (χ1n) is 6.71. The molecule has 1 N–H and O–H groups in total. The van der Waals surface area contributed by atoms with Gasteiger partial charge in [0, 0.05) is 12.1 Å². The fourth-order valence-electron chi connectivity index (χ4n) is 3.84. The summed E-state index contributed by atoms with van der Waals surface area (Å²) in [5.41, 5.74) is 0.560. The van der Waals surface area contributed by atoms with Gasteiger partial charge in [-0.1, -0.05) is 27.7 Å². The third-order valence-corrected chi connectivity index (χ3v) is 4.23. The maximum Gasteiger partial charge on any atom is 0.00772 e. The maximum atomic E-state index is 3.87. The molecule has 0 saturated heterocycles. The van der Waals surface area contributed by atoms with Gasteiger partial charge in [0.1, 0.15) is 0 Å². The highest BCUT2D eigenvalue weighted by atomic mass is 15.0. The Morgan fingerprint density at radius 1 is 0.867 bits per heavy atom. The van der Waals surface area contributed by atoms with Crippen molar-refractivity contribution in [1.29, 1.82) is 0 Å². The summed E-state index contributed by atoms with van der Waals surface area (Å²) in [6.45, 7) is 9.64. The Bertz CT molecular complexity index is 215. The van der Waals surface area contributed by atoms with Gasteiger partial charge in [-0.05, 0) is 49.4 Å². The summed E-state index contributed by atoms with van der Waals surface area (Å²) < 4.78 is 0. The molecule has 2 atom stereocenters. The van der Waals surface area contributed by atoms with Gasteiger partial charge in [-0.15, -0.1) is 0 Å². The second kappa shape index (κ2) is 4.08. The molecule has 0 aliphatic heterocycles. The fourth-order valence-corrected chi connectivity index (χ4v) is 3.84. The minimum absolute atomic E-state index is 0.560. The molecule has 0 radical (unpaired) electrons. The second-order valence-electron chi connectivity index (χ2n) is 7.05. The third-order valence-electron chi connectivity index (χ3n) is 4.23. The molecule has 0 aromatic carbocycles. The molecular weight excluding hydrogens is 182 g/mol. The van der Waals surface area contributed by atoms with Crippen LogP contribution in [0.25, 0.3) is 0 Å².